The maximum Gasteiger partial charge on any atom is 0.157 e. The minimum Gasteiger partial charge on any atom is -0.390 e. The first-order valence-corrected chi connectivity index (χ1v) is 9.47. The van der Waals surface area contributed by atoms with Gasteiger partial charge < -0.3 is 24.1 Å². The summed E-state index contributed by atoms with van der Waals surface area (Å²) < 4.78 is 22.4. The molecule has 0 spiro atoms. The lowest BCUT2D eigenvalue weighted by Crippen LogP contribution is -2.37. The van der Waals surface area contributed by atoms with Crippen LogP contribution in [0.2, 0.25) is 0 Å². The molecule has 5 nitrogen and oxygen atoms in total. The summed E-state index contributed by atoms with van der Waals surface area (Å²) in [5.41, 5.74) is 0. The summed E-state index contributed by atoms with van der Waals surface area (Å²) in [6, 6.07) is 0. The van der Waals surface area contributed by atoms with E-state index in [0.29, 0.717) is 6.61 Å². The normalized spacial score (nSPS) is 28.8. The van der Waals surface area contributed by atoms with Crippen LogP contribution in [-0.4, -0.2) is 56.6 Å². The quantitative estimate of drug-likeness (QED) is 0.590. The number of unbranched alkanes of at least 4 members (excludes halogenated alkanes) is 4. The second kappa shape index (κ2) is 12.2. The fourth-order valence-corrected chi connectivity index (χ4v) is 3.08. The second-order valence-electron chi connectivity index (χ2n) is 6.63. The van der Waals surface area contributed by atoms with Gasteiger partial charge in [-0.2, -0.15) is 0 Å². The number of aliphatic hydroxyl groups excluding tert-OH is 1. The Bertz CT molecular complexity index is 281. The summed E-state index contributed by atoms with van der Waals surface area (Å²) in [5.74, 6) is 0. The van der Waals surface area contributed by atoms with E-state index in [1.165, 1.54) is 32.1 Å². The van der Waals surface area contributed by atoms with Crippen molar-refractivity contribution in [3.8, 4) is 0 Å². The number of ether oxygens (including phenoxy) is 4. The lowest BCUT2D eigenvalue weighted by Gasteiger charge is -2.27. The van der Waals surface area contributed by atoms with Gasteiger partial charge in [0.1, 0.15) is 6.10 Å². The van der Waals surface area contributed by atoms with Crippen molar-refractivity contribution < 1.29 is 24.1 Å². The molecule has 2 fully saturated rings. The number of rotatable bonds is 11. The van der Waals surface area contributed by atoms with Gasteiger partial charge in [0.15, 0.2) is 6.29 Å². The summed E-state index contributed by atoms with van der Waals surface area (Å²) >= 11 is 0. The van der Waals surface area contributed by atoms with Crippen LogP contribution in [0.5, 0.6) is 0 Å². The highest BCUT2D eigenvalue weighted by Crippen LogP contribution is 2.15. The van der Waals surface area contributed by atoms with E-state index in [0.717, 1.165) is 58.5 Å². The van der Waals surface area contributed by atoms with Crippen LogP contribution in [0.1, 0.15) is 64.2 Å². The highest BCUT2D eigenvalue weighted by molar-refractivity contribution is 4.72. The lowest BCUT2D eigenvalue weighted by atomic mass is 10.1. The van der Waals surface area contributed by atoms with Crippen molar-refractivity contribution in [2.24, 2.45) is 0 Å². The van der Waals surface area contributed by atoms with E-state index in [1.54, 1.807) is 0 Å². The molecule has 0 aromatic rings. The molecule has 5 heteroatoms. The number of hydrogen-bond acceptors (Lipinski definition) is 5. The minimum absolute atomic E-state index is 0.0505. The third kappa shape index (κ3) is 8.45. The first kappa shape index (κ1) is 19.1. The van der Waals surface area contributed by atoms with E-state index in [-0.39, 0.29) is 18.5 Å². The van der Waals surface area contributed by atoms with E-state index >= 15 is 0 Å². The van der Waals surface area contributed by atoms with E-state index in [9.17, 15) is 5.11 Å². The molecule has 0 aliphatic carbocycles. The number of hydrogen-bond donors (Lipinski definition) is 1. The molecule has 0 bridgehead atoms. The Balaban J connectivity index is 1.31. The standard InChI is InChI=1S/C18H34O5/c19-16-9-8-14-21-17(16)15-20-11-5-2-1-3-6-12-22-18-10-4-7-13-23-18/h16-19H,1-15H2/t16-,17-,18?/m0/s1. The Hall–Kier alpha value is -0.200. The molecule has 0 aromatic heterocycles. The molecular weight excluding hydrogens is 296 g/mol. The Morgan fingerprint density at radius 2 is 1.61 bits per heavy atom. The van der Waals surface area contributed by atoms with Crippen LogP contribution >= 0.6 is 0 Å². The van der Waals surface area contributed by atoms with Gasteiger partial charge in [-0.25, -0.2) is 0 Å². The van der Waals surface area contributed by atoms with Gasteiger partial charge in [-0.1, -0.05) is 19.3 Å². The molecule has 3 atom stereocenters. The van der Waals surface area contributed by atoms with Crippen molar-refractivity contribution in [2.45, 2.75) is 82.7 Å². The van der Waals surface area contributed by atoms with E-state index in [2.05, 4.69) is 0 Å². The van der Waals surface area contributed by atoms with Gasteiger partial charge in [0, 0.05) is 26.4 Å². The third-order valence-corrected chi connectivity index (χ3v) is 4.56. The molecule has 1 unspecified atom stereocenters. The van der Waals surface area contributed by atoms with Crippen molar-refractivity contribution >= 4 is 0 Å². The number of aliphatic hydroxyl groups is 1. The van der Waals surface area contributed by atoms with Crippen molar-refractivity contribution in [2.75, 3.05) is 33.0 Å². The Morgan fingerprint density at radius 3 is 2.39 bits per heavy atom. The molecule has 136 valence electrons. The molecular formula is C18H34O5. The summed E-state index contributed by atoms with van der Waals surface area (Å²) in [7, 11) is 0. The van der Waals surface area contributed by atoms with Gasteiger partial charge in [0.25, 0.3) is 0 Å². The molecule has 0 aromatic carbocycles. The summed E-state index contributed by atoms with van der Waals surface area (Å²) in [4.78, 5) is 0. The smallest absolute Gasteiger partial charge is 0.157 e. The Kier molecular flexibility index (Phi) is 10.1. The molecule has 0 saturated carbocycles. The minimum atomic E-state index is -0.350. The molecule has 0 radical (unpaired) electrons. The zero-order valence-corrected chi connectivity index (χ0v) is 14.4. The average molecular weight is 330 g/mol. The first-order valence-electron chi connectivity index (χ1n) is 9.47. The topological polar surface area (TPSA) is 57.2 Å². The Labute approximate surface area is 140 Å². The summed E-state index contributed by atoms with van der Waals surface area (Å²) in [5, 5.41) is 9.76. The molecule has 2 heterocycles. The molecule has 2 rings (SSSR count). The van der Waals surface area contributed by atoms with Crippen LogP contribution in [0.15, 0.2) is 0 Å². The van der Waals surface area contributed by atoms with Gasteiger partial charge >= 0.3 is 0 Å². The largest absolute Gasteiger partial charge is 0.390 e. The molecule has 23 heavy (non-hydrogen) atoms. The first-order chi connectivity index (χ1) is 11.4. The predicted molar refractivity (Wildman–Crippen MR) is 88.4 cm³/mol. The highest BCUT2D eigenvalue weighted by atomic mass is 16.7. The van der Waals surface area contributed by atoms with E-state index in [4.69, 9.17) is 18.9 Å². The van der Waals surface area contributed by atoms with Crippen molar-refractivity contribution in [1.29, 1.82) is 0 Å². The van der Waals surface area contributed by atoms with Gasteiger partial charge in [0.05, 0.1) is 12.7 Å². The molecule has 0 amide bonds. The predicted octanol–water partition coefficient (Wildman–Crippen LogP) is 3.04. The van der Waals surface area contributed by atoms with Gasteiger partial charge in [-0.3, -0.25) is 0 Å². The van der Waals surface area contributed by atoms with Crippen molar-refractivity contribution in [3.63, 3.8) is 0 Å². The fourth-order valence-electron chi connectivity index (χ4n) is 3.08. The lowest BCUT2D eigenvalue weighted by molar-refractivity contribution is -0.162. The maximum atomic E-state index is 9.76. The maximum absolute atomic E-state index is 9.76. The van der Waals surface area contributed by atoms with Crippen molar-refractivity contribution in [3.05, 3.63) is 0 Å². The summed E-state index contributed by atoms with van der Waals surface area (Å²) in [6.07, 6.45) is 10.6. The van der Waals surface area contributed by atoms with Crippen LogP contribution in [0.4, 0.5) is 0 Å². The molecule has 2 aliphatic rings. The SMILES string of the molecule is O[C@H]1CCCO[C@H]1COCCCCCCCOC1CCCCO1. The zero-order valence-electron chi connectivity index (χ0n) is 14.4. The van der Waals surface area contributed by atoms with E-state index < -0.39 is 0 Å². The van der Waals surface area contributed by atoms with Crippen LogP contribution in [-0.2, 0) is 18.9 Å². The molecule has 2 saturated heterocycles. The van der Waals surface area contributed by atoms with Gasteiger partial charge in [-0.05, 0) is 44.9 Å². The van der Waals surface area contributed by atoms with Crippen LogP contribution in [0.3, 0.4) is 0 Å². The highest BCUT2D eigenvalue weighted by Gasteiger charge is 2.23. The van der Waals surface area contributed by atoms with Crippen LogP contribution < -0.4 is 0 Å². The second-order valence-corrected chi connectivity index (χ2v) is 6.63. The molecule has 1 N–H and O–H groups in total. The van der Waals surface area contributed by atoms with Crippen LogP contribution in [0.25, 0.3) is 0 Å². The van der Waals surface area contributed by atoms with Gasteiger partial charge in [0.2, 0.25) is 0 Å². The average Bonchev–Trinajstić information content (AvgIpc) is 2.59. The van der Waals surface area contributed by atoms with Crippen LogP contribution in [0, 0.1) is 0 Å². The Morgan fingerprint density at radius 1 is 0.826 bits per heavy atom. The summed E-state index contributed by atoms with van der Waals surface area (Å²) in [6.45, 7) is 3.71. The third-order valence-electron chi connectivity index (χ3n) is 4.56. The van der Waals surface area contributed by atoms with E-state index in [1.807, 2.05) is 0 Å². The van der Waals surface area contributed by atoms with Crippen molar-refractivity contribution in [1.82, 2.24) is 0 Å². The van der Waals surface area contributed by atoms with Gasteiger partial charge in [-0.15, -0.1) is 0 Å². The monoisotopic (exact) mass is 330 g/mol. The fraction of sp³-hybridized carbons (Fsp3) is 1.00. The zero-order chi connectivity index (χ0) is 16.2. The molecule has 2 aliphatic heterocycles.